The molecule has 0 amide bonds. The van der Waals surface area contributed by atoms with Crippen LogP contribution in [0.3, 0.4) is 0 Å². The zero-order valence-electron chi connectivity index (χ0n) is 13.5. The lowest BCUT2D eigenvalue weighted by Gasteiger charge is -2.39. The summed E-state index contributed by atoms with van der Waals surface area (Å²) < 4.78 is 18.6. The SMILES string of the molecule is CCNC1CC(C)CC(C)C1S(=O)c1ccccc1OC. The summed E-state index contributed by atoms with van der Waals surface area (Å²) >= 11 is 0. The van der Waals surface area contributed by atoms with Crippen molar-refractivity contribution in [3.05, 3.63) is 24.3 Å². The minimum absolute atomic E-state index is 0.150. The fourth-order valence-corrected chi connectivity index (χ4v) is 5.48. The van der Waals surface area contributed by atoms with E-state index in [-0.39, 0.29) is 5.25 Å². The third-order valence-corrected chi connectivity index (χ3v) is 6.45. The van der Waals surface area contributed by atoms with Gasteiger partial charge in [0.05, 0.1) is 28.1 Å². The van der Waals surface area contributed by atoms with Crippen LogP contribution in [0.15, 0.2) is 29.2 Å². The molecule has 1 aliphatic carbocycles. The highest BCUT2D eigenvalue weighted by atomic mass is 32.2. The van der Waals surface area contributed by atoms with E-state index in [9.17, 15) is 4.21 Å². The Kier molecular flexibility index (Phi) is 5.82. The summed E-state index contributed by atoms with van der Waals surface area (Å²) in [6.45, 7) is 7.57. The lowest BCUT2D eigenvalue weighted by molar-refractivity contribution is 0.247. The molecule has 1 aromatic rings. The summed E-state index contributed by atoms with van der Waals surface area (Å²) in [6.07, 6.45) is 2.25. The van der Waals surface area contributed by atoms with Crippen molar-refractivity contribution in [2.75, 3.05) is 13.7 Å². The van der Waals surface area contributed by atoms with Gasteiger partial charge in [0.25, 0.3) is 0 Å². The maximum Gasteiger partial charge on any atom is 0.134 e. The topological polar surface area (TPSA) is 38.3 Å². The molecule has 0 saturated heterocycles. The summed E-state index contributed by atoms with van der Waals surface area (Å²) in [5.41, 5.74) is 0. The van der Waals surface area contributed by atoms with Gasteiger partial charge in [0.1, 0.15) is 5.75 Å². The molecule has 0 aliphatic heterocycles. The minimum atomic E-state index is -1.05. The highest BCUT2D eigenvalue weighted by Crippen LogP contribution is 2.36. The molecule has 1 aromatic carbocycles. The second-order valence-corrected chi connectivity index (χ2v) is 7.71. The lowest BCUT2D eigenvalue weighted by Crippen LogP contribution is -2.50. The van der Waals surface area contributed by atoms with Gasteiger partial charge in [0.2, 0.25) is 0 Å². The highest BCUT2D eigenvalue weighted by molar-refractivity contribution is 7.85. The normalized spacial score (nSPS) is 30.9. The summed E-state index contributed by atoms with van der Waals surface area (Å²) in [7, 11) is 0.598. The average Bonchev–Trinajstić information content (AvgIpc) is 2.46. The first kappa shape index (κ1) is 16.5. The zero-order chi connectivity index (χ0) is 15.4. The summed E-state index contributed by atoms with van der Waals surface area (Å²) in [5, 5.41) is 3.70. The van der Waals surface area contributed by atoms with Gasteiger partial charge in [-0.2, -0.15) is 0 Å². The Balaban J connectivity index is 2.30. The molecule has 5 unspecified atom stereocenters. The number of ether oxygens (including phenoxy) is 1. The van der Waals surface area contributed by atoms with Crippen LogP contribution in [0.2, 0.25) is 0 Å². The molecule has 0 heterocycles. The molecule has 0 radical (unpaired) electrons. The van der Waals surface area contributed by atoms with Crippen molar-refractivity contribution in [1.29, 1.82) is 0 Å². The van der Waals surface area contributed by atoms with Crippen molar-refractivity contribution in [2.24, 2.45) is 11.8 Å². The molecule has 1 N–H and O–H groups in total. The number of nitrogens with one attached hydrogen (secondary N) is 1. The standard InChI is InChI=1S/C17H27NO2S/c1-5-18-14-11-12(2)10-13(3)17(14)21(19)16-9-7-6-8-15(16)20-4/h6-9,12-14,17-18H,5,10-11H2,1-4H3. The average molecular weight is 309 g/mol. The Labute approximate surface area is 130 Å². The second kappa shape index (κ2) is 7.41. The quantitative estimate of drug-likeness (QED) is 0.907. The lowest BCUT2D eigenvalue weighted by atomic mass is 9.80. The van der Waals surface area contributed by atoms with Gasteiger partial charge in [-0.15, -0.1) is 0 Å². The van der Waals surface area contributed by atoms with Crippen molar-refractivity contribution in [1.82, 2.24) is 5.32 Å². The van der Waals surface area contributed by atoms with Gasteiger partial charge in [-0.25, -0.2) is 0 Å². The summed E-state index contributed by atoms with van der Waals surface area (Å²) in [4.78, 5) is 0.828. The van der Waals surface area contributed by atoms with Crippen LogP contribution in [-0.4, -0.2) is 29.2 Å². The molecule has 1 aliphatic rings. The first-order valence-corrected chi connectivity index (χ1v) is 9.06. The smallest absolute Gasteiger partial charge is 0.134 e. The van der Waals surface area contributed by atoms with E-state index in [0.717, 1.165) is 30.0 Å². The maximum atomic E-state index is 13.2. The molecule has 0 bridgehead atoms. The van der Waals surface area contributed by atoms with E-state index >= 15 is 0 Å². The molecule has 1 saturated carbocycles. The van der Waals surface area contributed by atoms with Crippen molar-refractivity contribution in [3.63, 3.8) is 0 Å². The Morgan fingerprint density at radius 3 is 2.67 bits per heavy atom. The van der Waals surface area contributed by atoms with Gasteiger partial charge >= 0.3 is 0 Å². The summed E-state index contributed by atoms with van der Waals surface area (Å²) in [5.74, 6) is 1.87. The molecule has 0 aromatic heterocycles. The molecule has 118 valence electrons. The second-order valence-electron chi connectivity index (χ2n) is 6.13. The van der Waals surface area contributed by atoms with E-state index in [1.54, 1.807) is 7.11 Å². The van der Waals surface area contributed by atoms with Crippen molar-refractivity contribution >= 4 is 10.8 Å². The minimum Gasteiger partial charge on any atom is -0.495 e. The van der Waals surface area contributed by atoms with Crippen LogP contribution in [0.5, 0.6) is 5.75 Å². The van der Waals surface area contributed by atoms with Crippen LogP contribution >= 0.6 is 0 Å². The molecule has 1 fully saturated rings. The number of hydrogen-bond donors (Lipinski definition) is 1. The van der Waals surface area contributed by atoms with Gasteiger partial charge in [0.15, 0.2) is 0 Å². The molecule has 2 rings (SSSR count). The van der Waals surface area contributed by atoms with E-state index in [1.165, 1.54) is 0 Å². The Morgan fingerprint density at radius 2 is 2.00 bits per heavy atom. The third-order valence-electron chi connectivity index (χ3n) is 4.39. The van der Waals surface area contributed by atoms with Crippen molar-refractivity contribution in [2.45, 2.75) is 49.8 Å². The molecular formula is C17H27NO2S. The predicted molar refractivity (Wildman–Crippen MR) is 88.2 cm³/mol. The van der Waals surface area contributed by atoms with Gasteiger partial charge in [-0.3, -0.25) is 4.21 Å². The molecule has 5 atom stereocenters. The van der Waals surface area contributed by atoms with Gasteiger partial charge in [-0.05, 0) is 43.4 Å². The van der Waals surface area contributed by atoms with Crippen LogP contribution in [-0.2, 0) is 10.8 Å². The monoisotopic (exact) mass is 309 g/mol. The van der Waals surface area contributed by atoms with Crippen molar-refractivity contribution in [3.8, 4) is 5.75 Å². The van der Waals surface area contributed by atoms with Gasteiger partial charge < -0.3 is 10.1 Å². The van der Waals surface area contributed by atoms with Gasteiger partial charge in [-0.1, -0.05) is 32.9 Å². The fourth-order valence-electron chi connectivity index (χ4n) is 3.58. The number of rotatable bonds is 5. The van der Waals surface area contributed by atoms with E-state index < -0.39 is 10.8 Å². The largest absolute Gasteiger partial charge is 0.495 e. The predicted octanol–water partition coefficient (Wildman–Crippen LogP) is 3.22. The van der Waals surface area contributed by atoms with Gasteiger partial charge in [0, 0.05) is 6.04 Å². The van der Waals surface area contributed by atoms with Crippen LogP contribution < -0.4 is 10.1 Å². The van der Waals surface area contributed by atoms with E-state index in [1.807, 2.05) is 24.3 Å². The number of hydrogen-bond acceptors (Lipinski definition) is 3. The maximum absolute atomic E-state index is 13.2. The highest BCUT2D eigenvalue weighted by Gasteiger charge is 2.38. The number of para-hydroxylation sites is 1. The zero-order valence-corrected chi connectivity index (χ0v) is 14.3. The molecule has 3 nitrogen and oxygen atoms in total. The first-order valence-electron chi connectivity index (χ1n) is 7.85. The van der Waals surface area contributed by atoms with Crippen LogP contribution in [0.4, 0.5) is 0 Å². The first-order chi connectivity index (χ1) is 10.1. The Hall–Kier alpha value is -0.870. The fraction of sp³-hybridized carbons (Fsp3) is 0.647. The number of benzene rings is 1. The Bertz CT molecular complexity index is 491. The van der Waals surface area contributed by atoms with E-state index in [4.69, 9.17) is 4.74 Å². The molecular weight excluding hydrogens is 282 g/mol. The van der Waals surface area contributed by atoms with Crippen molar-refractivity contribution < 1.29 is 8.95 Å². The third kappa shape index (κ3) is 3.67. The molecule has 21 heavy (non-hydrogen) atoms. The van der Waals surface area contributed by atoms with Crippen LogP contribution in [0, 0.1) is 11.8 Å². The Morgan fingerprint density at radius 1 is 1.29 bits per heavy atom. The van der Waals surface area contributed by atoms with E-state index in [0.29, 0.717) is 17.9 Å². The van der Waals surface area contributed by atoms with Crippen LogP contribution in [0.25, 0.3) is 0 Å². The molecule has 4 heteroatoms. The summed E-state index contributed by atoms with van der Waals surface area (Å²) in [6, 6.07) is 8.01. The number of methoxy groups -OCH3 is 1. The molecule has 0 spiro atoms. The van der Waals surface area contributed by atoms with E-state index in [2.05, 4.69) is 26.1 Å². The van der Waals surface area contributed by atoms with Crippen LogP contribution in [0.1, 0.15) is 33.6 Å².